The normalized spacial score (nSPS) is 13.9. The van der Waals surface area contributed by atoms with Gasteiger partial charge in [-0.15, -0.1) is 0 Å². The molecule has 2 aromatic rings. The first kappa shape index (κ1) is 35.0. The van der Waals surface area contributed by atoms with Gasteiger partial charge < -0.3 is 29.5 Å². The summed E-state index contributed by atoms with van der Waals surface area (Å²) in [7, 11) is 0. The first-order chi connectivity index (χ1) is 21.5. The van der Waals surface area contributed by atoms with Gasteiger partial charge in [-0.25, -0.2) is 9.37 Å². The minimum Gasteiger partial charge on any atom is -0.488 e. The Bertz CT molecular complexity index is 1210. The summed E-state index contributed by atoms with van der Waals surface area (Å²) in [5, 5.41) is 16.6. The molecule has 1 unspecified atom stereocenters. The molecule has 0 amide bonds. The average molecular weight is 615 g/mol. The summed E-state index contributed by atoms with van der Waals surface area (Å²) in [4.78, 5) is 21.7. The Hall–Kier alpha value is -3.44. The van der Waals surface area contributed by atoms with Gasteiger partial charge in [-0.2, -0.15) is 0 Å². The second kappa shape index (κ2) is 19.8. The summed E-state index contributed by atoms with van der Waals surface area (Å²) in [6, 6.07) is 9.02. The van der Waals surface area contributed by atoms with E-state index < -0.39 is 11.8 Å². The lowest BCUT2D eigenvalue weighted by atomic mass is 9.84. The topological polar surface area (TPSA) is 142 Å². The van der Waals surface area contributed by atoms with Crippen LogP contribution in [0, 0.1) is 5.82 Å². The zero-order valence-corrected chi connectivity index (χ0v) is 26.0. The quantitative estimate of drug-likeness (QED) is 0.0714. The number of fused-ring (bicyclic) bond motifs is 1. The van der Waals surface area contributed by atoms with Crippen LogP contribution in [0.15, 0.2) is 35.4 Å². The van der Waals surface area contributed by atoms with Gasteiger partial charge in [-0.05, 0) is 80.1 Å². The van der Waals surface area contributed by atoms with Gasteiger partial charge >= 0.3 is 5.97 Å². The predicted octanol–water partition coefficient (Wildman–Crippen LogP) is 5.98. The first-order valence-electron chi connectivity index (χ1n) is 15.7. The molecule has 0 fully saturated rings. The first-order valence-corrected chi connectivity index (χ1v) is 15.7. The number of benzene rings is 1. The summed E-state index contributed by atoms with van der Waals surface area (Å²) >= 11 is 0. The monoisotopic (exact) mass is 614 g/mol. The largest absolute Gasteiger partial charge is 0.488 e. The number of halogens is 1. The Morgan fingerprint density at radius 3 is 2.64 bits per heavy atom. The molecule has 1 aliphatic rings. The van der Waals surface area contributed by atoms with Crippen molar-refractivity contribution < 1.29 is 28.5 Å². The van der Waals surface area contributed by atoms with Crippen molar-refractivity contribution in [2.24, 2.45) is 5.11 Å². The Kier molecular flexibility index (Phi) is 15.7. The van der Waals surface area contributed by atoms with Crippen molar-refractivity contribution in [2.75, 3.05) is 64.5 Å². The molecule has 1 aromatic heterocycles. The molecular formula is C32H47FN6O5. The molecule has 2 N–H and O–H groups in total. The number of carboxylic acids is 1. The molecule has 0 aliphatic carbocycles. The average Bonchev–Trinajstić information content (AvgIpc) is 3.03. The van der Waals surface area contributed by atoms with Crippen LogP contribution in [-0.2, 0) is 27.1 Å². The highest BCUT2D eigenvalue weighted by Gasteiger charge is 2.30. The van der Waals surface area contributed by atoms with Crippen molar-refractivity contribution in [3.8, 4) is 5.75 Å². The summed E-state index contributed by atoms with van der Waals surface area (Å²) in [6.45, 7) is 8.36. The van der Waals surface area contributed by atoms with Crippen LogP contribution in [0.3, 0.4) is 0 Å². The maximum absolute atomic E-state index is 15.2. The molecule has 44 heavy (non-hydrogen) atoms. The number of hydrogen-bond donors (Lipinski definition) is 2. The predicted molar refractivity (Wildman–Crippen MR) is 168 cm³/mol. The summed E-state index contributed by atoms with van der Waals surface area (Å²) in [5.41, 5.74) is 11.2. The van der Waals surface area contributed by atoms with Crippen LogP contribution < -0.4 is 10.1 Å². The number of hydrogen-bond acceptors (Lipinski definition) is 8. The Morgan fingerprint density at radius 2 is 1.91 bits per heavy atom. The fourth-order valence-corrected chi connectivity index (χ4v) is 5.71. The van der Waals surface area contributed by atoms with Gasteiger partial charge in [0.05, 0.1) is 32.8 Å². The fourth-order valence-electron chi connectivity index (χ4n) is 5.71. The van der Waals surface area contributed by atoms with Crippen LogP contribution in [0.25, 0.3) is 10.4 Å². The van der Waals surface area contributed by atoms with Crippen LogP contribution in [-0.4, -0.2) is 86.2 Å². The van der Waals surface area contributed by atoms with Crippen molar-refractivity contribution >= 4 is 11.8 Å². The lowest BCUT2D eigenvalue weighted by Crippen LogP contribution is -2.40. The van der Waals surface area contributed by atoms with E-state index in [1.807, 2.05) is 0 Å². The number of unbranched alkanes of at least 4 members (excludes halogenated alkanes) is 1. The second-order valence-corrected chi connectivity index (χ2v) is 10.8. The number of pyridine rings is 1. The van der Waals surface area contributed by atoms with E-state index in [1.165, 1.54) is 11.6 Å². The maximum Gasteiger partial charge on any atom is 0.304 e. The van der Waals surface area contributed by atoms with Crippen molar-refractivity contribution in [3.63, 3.8) is 0 Å². The maximum atomic E-state index is 15.2. The number of nitrogens with zero attached hydrogens (tertiary/aromatic N) is 5. The molecule has 0 bridgehead atoms. The van der Waals surface area contributed by atoms with E-state index in [2.05, 4.69) is 46.2 Å². The van der Waals surface area contributed by atoms with E-state index in [9.17, 15) is 9.90 Å². The SMILES string of the molecule is CCN(CC)C(CCCCc1ccc2c(n1)NCCC2)[C@H](CC(=O)O)c1ccc(OCCOCCOCCN=[N+]=[N-])c(F)c1. The third kappa shape index (κ3) is 11.6. The van der Waals surface area contributed by atoms with Gasteiger partial charge in [0.2, 0.25) is 0 Å². The van der Waals surface area contributed by atoms with Crippen molar-refractivity contribution in [1.29, 1.82) is 0 Å². The number of aliphatic carboxylic acids is 1. The summed E-state index contributed by atoms with van der Waals surface area (Å²) in [6.07, 6.45) is 5.62. The zero-order chi connectivity index (χ0) is 31.6. The molecule has 2 atom stereocenters. The lowest BCUT2D eigenvalue weighted by molar-refractivity contribution is -0.137. The molecule has 1 aliphatic heterocycles. The number of ether oxygens (including phenoxy) is 3. The van der Waals surface area contributed by atoms with E-state index in [0.717, 1.165) is 69.7 Å². The molecule has 1 aromatic carbocycles. The van der Waals surface area contributed by atoms with Gasteiger partial charge in [-0.3, -0.25) is 4.79 Å². The number of likely N-dealkylation sites (N-methyl/N-ethyl adjacent to an activating group) is 1. The van der Waals surface area contributed by atoms with Crippen LogP contribution in [0.5, 0.6) is 5.75 Å². The molecule has 242 valence electrons. The number of carbonyl (C=O) groups is 1. The van der Waals surface area contributed by atoms with Gasteiger partial charge in [0.1, 0.15) is 12.4 Å². The number of rotatable bonds is 22. The molecule has 11 nitrogen and oxygen atoms in total. The summed E-state index contributed by atoms with van der Waals surface area (Å²) < 4.78 is 31.5. The highest BCUT2D eigenvalue weighted by molar-refractivity contribution is 5.68. The molecule has 0 spiro atoms. The van der Waals surface area contributed by atoms with Crippen LogP contribution >= 0.6 is 0 Å². The highest BCUT2D eigenvalue weighted by atomic mass is 19.1. The number of aryl methyl sites for hydroxylation is 2. The minimum absolute atomic E-state index is 0.0484. The van der Waals surface area contributed by atoms with Crippen LogP contribution in [0.2, 0.25) is 0 Å². The van der Waals surface area contributed by atoms with Crippen molar-refractivity contribution in [2.45, 2.75) is 70.8 Å². The zero-order valence-electron chi connectivity index (χ0n) is 26.0. The second-order valence-electron chi connectivity index (χ2n) is 10.8. The van der Waals surface area contributed by atoms with E-state index in [4.69, 9.17) is 24.7 Å². The van der Waals surface area contributed by atoms with Gasteiger partial charge in [0.15, 0.2) is 11.6 Å². The van der Waals surface area contributed by atoms with Crippen LogP contribution in [0.4, 0.5) is 10.2 Å². The number of azide groups is 1. The third-order valence-corrected chi connectivity index (χ3v) is 7.92. The van der Waals surface area contributed by atoms with Gasteiger partial charge in [0.25, 0.3) is 0 Å². The number of anilines is 1. The standard InChI is InChI=1S/C32H47FN6O5/c1-3-39(4-2)29(10-6-5-9-26-13-11-24-8-7-15-35-32(24)37-26)27(23-31(40)41)25-12-14-30(28(33)22-25)44-21-20-43-19-18-42-17-16-36-38-34/h11-14,22,27,29H,3-10,15-21,23H2,1-2H3,(H,35,37)(H,40,41)/t27-,29?/m1/s1. The molecule has 2 heterocycles. The number of aromatic nitrogens is 1. The van der Waals surface area contributed by atoms with Crippen LogP contribution in [0.1, 0.15) is 68.7 Å². The molecule has 3 rings (SSSR count). The van der Waals surface area contributed by atoms with E-state index >= 15 is 4.39 Å². The third-order valence-electron chi connectivity index (χ3n) is 7.92. The van der Waals surface area contributed by atoms with Crippen molar-refractivity contribution in [1.82, 2.24) is 9.88 Å². The van der Waals surface area contributed by atoms with E-state index in [1.54, 1.807) is 12.1 Å². The Balaban J connectivity index is 1.57. The highest BCUT2D eigenvalue weighted by Crippen LogP contribution is 2.33. The molecule has 0 saturated carbocycles. The molecule has 0 radical (unpaired) electrons. The minimum atomic E-state index is -0.905. The van der Waals surface area contributed by atoms with Gasteiger partial charge in [-0.1, -0.05) is 37.5 Å². The fraction of sp³-hybridized carbons (Fsp3) is 0.625. The number of nitrogens with one attached hydrogen (secondary N) is 1. The molecule has 12 heteroatoms. The lowest BCUT2D eigenvalue weighted by Gasteiger charge is -2.36. The van der Waals surface area contributed by atoms with E-state index in [-0.39, 0.29) is 43.9 Å². The van der Waals surface area contributed by atoms with Gasteiger partial charge in [0, 0.05) is 35.7 Å². The van der Waals surface area contributed by atoms with Crippen molar-refractivity contribution in [3.05, 3.63) is 63.4 Å². The Morgan fingerprint density at radius 1 is 1.14 bits per heavy atom. The molecule has 0 saturated heterocycles. The van der Waals surface area contributed by atoms with E-state index in [0.29, 0.717) is 25.4 Å². The smallest absolute Gasteiger partial charge is 0.304 e. The summed E-state index contributed by atoms with van der Waals surface area (Å²) in [5.74, 6) is -0.696. The number of carboxylic acid groups (broad SMARTS) is 1. The Labute approximate surface area is 259 Å². The molecular weight excluding hydrogens is 567 g/mol.